The van der Waals surface area contributed by atoms with Crippen molar-refractivity contribution in [1.82, 2.24) is 10.2 Å². The van der Waals surface area contributed by atoms with Gasteiger partial charge in [0, 0.05) is 44.5 Å². The molecule has 0 amide bonds. The SMILES string of the molecule is C1CC2C(NC3CCOC4(CCOCC4)C3)CCN2C1. The first kappa shape index (κ1) is 13.5. The van der Waals surface area contributed by atoms with E-state index in [1.165, 1.54) is 45.2 Å². The monoisotopic (exact) mass is 280 g/mol. The van der Waals surface area contributed by atoms with Crippen LogP contribution in [-0.2, 0) is 9.47 Å². The molecule has 0 saturated carbocycles. The number of fused-ring (bicyclic) bond motifs is 1. The summed E-state index contributed by atoms with van der Waals surface area (Å²) in [5.74, 6) is 0. The second-order valence-electron chi connectivity index (χ2n) is 7.14. The standard InChI is InChI=1S/C16H28N2O2/c1-2-15-14(3-8-18(15)7-1)17-13-4-9-20-16(12-13)5-10-19-11-6-16/h13-15,17H,1-12H2. The Morgan fingerprint density at radius 3 is 2.80 bits per heavy atom. The maximum Gasteiger partial charge on any atom is 0.0741 e. The van der Waals surface area contributed by atoms with Gasteiger partial charge < -0.3 is 14.8 Å². The maximum absolute atomic E-state index is 6.16. The summed E-state index contributed by atoms with van der Waals surface area (Å²) < 4.78 is 11.7. The number of hydrogen-bond acceptors (Lipinski definition) is 4. The van der Waals surface area contributed by atoms with E-state index in [0.29, 0.717) is 6.04 Å². The summed E-state index contributed by atoms with van der Waals surface area (Å²) in [7, 11) is 0. The van der Waals surface area contributed by atoms with Crippen LogP contribution in [0.5, 0.6) is 0 Å². The van der Waals surface area contributed by atoms with Gasteiger partial charge in [-0.15, -0.1) is 0 Å². The van der Waals surface area contributed by atoms with Crippen molar-refractivity contribution in [2.75, 3.05) is 32.9 Å². The van der Waals surface area contributed by atoms with Crippen molar-refractivity contribution in [3.8, 4) is 0 Å². The Bertz CT molecular complexity index is 338. The van der Waals surface area contributed by atoms with E-state index in [1.807, 2.05) is 0 Å². The zero-order valence-corrected chi connectivity index (χ0v) is 12.5. The minimum Gasteiger partial charge on any atom is -0.381 e. The largest absolute Gasteiger partial charge is 0.381 e. The Hall–Kier alpha value is -0.160. The lowest BCUT2D eigenvalue weighted by atomic mass is 9.83. The van der Waals surface area contributed by atoms with Crippen LogP contribution in [0.3, 0.4) is 0 Å². The van der Waals surface area contributed by atoms with E-state index in [1.54, 1.807) is 0 Å². The molecule has 0 aromatic rings. The third kappa shape index (κ3) is 2.52. The molecule has 3 atom stereocenters. The van der Waals surface area contributed by atoms with Crippen molar-refractivity contribution >= 4 is 0 Å². The second-order valence-corrected chi connectivity index (χ2v) is 7.14. The summed E-state index contributed by atoms with van der Waals surface area (Å²) in [6.45, 7) is 5.33. The van der Waals surface area contributed by atoms with Crippen molar-refractivity contribution in [2.45, 2.75) is 68.7 Å². The molecule has 3 unspecified atom stereocenters. The summed E-state index contributed by atoms with van der Waals surface area (Å²) in [4.78, 5) is 2.70. The van der Waals surface area contributed by atoms with Crippen molar-refractivity contribution in [2.24, 2.45) is 0 Å². The average molecular weight is 280 g/mol. The van der Waals surface area contributed by atoms with Crippen LogP contribution in [-0.4, -0.2) is 61.5 Å². The summed E-state index contributed by atoms with van der Waals surface area (Å²) in [6, 6.07) is 2.22. The van der Waals surface area contributed by atoms with Crippen molar-refractivity contribution in [3.63, 3.8) is 0 Å². The van der Waals surface area contributed by atoms with Gasteiger partial charge in [0.25, 0.3) is 0 Å². The molecule has 0 aliphatic carbocycles. The molecule has 0 radical (unpaired) electrons. The van der Waals surface area contributed by atoms with E-state index in [9.17, 15) is 0 Å². The fourth-order valence-electron chi connectivity index (χ4n) is 4.84. The molecule has 4 nitrogen and oxygen atoms in total. The summed E-state index contributed by atoms with van der Waals surface area (Å²) in [5.41, 5.74) is 0.127. The third-order valence-electron chi connectivity index (χ3n) is 5.95. The minimum atomic E-state index is 0.127. The number of nitrogens with one attached hydrogen (secondary N) is 1. The lowest BCUT2D eigenvalue weighted by Gasteiger charge is -2.44. The maximum atomic E-state index is 6.16. The highest BCUT2D eigenvalue weighted by Gasteiger charge is 2.42. The molecule has 0 bridgehead atoms. The van der Waals surface area contributed by atoms with Gasteiger partial charge in [-0.1, -0.05) is 0 Å². The Labute approximate surface area is 122 Å². The van der Waals surface area contributed by atoms with Crippen LogP contribution in [0.2, 0.25) is 0 Å². The van der Waals surface area contributed by atoms with Crippen LogP contribution in [0.1, 0.15) is 44.9 Å². The van der Waals surface area contributed by atoms with Crippen LogP contribution in [0, 0.1) is 0 Å². The Morgan fingerprint density at radius 1 is 1.00 bits per heavy atom. The number of rotatable bonds is 2. The molecule has 4 aliphatic rings. The third-order valence-corrected chi connectivity index (χ3v) is 5.95. The van der Waals surface area contributed by atoms with E-state index in [4.69, 9.17) is 9.47 Å². The quantitative estimate of drug-likeness (QED) is 0.832. The summed E-state index contributed by atoms with van der Waals surface area (Å²) in [5, 5.41) is 4.00. The molecule has 4 heteroatoms. The zero-order chi connectivity index (χ0) is 13.4. The topological polar surface area (TPSA) is 33.7 Å². The second kappa shape index (κ2) is 5.56. The number of ether oxygens (including phenoxy) is 2. The molecule has 4 aliphatic heterocycles. The molecule has 4 fully saturated rings. The Kier molecular flexibility index (Phi) is 3.75. The average Bonchev–Trinajstić information content (AvgIpc) is 3.05. The van der Waals surface area contributed by atoms with E-state index in [-0.39, 0.29) is 5.60 Å². The minimum absolute atomic E-state index is 0.127. The number of hydrogen-bond donors (Lipinski definition) is 1. The molecular weight excluding hydrogens is 252 g/mol. The zero-order valence-electron chi connectivity index (χ0n) is 12.5. The van der Waals surface area contributed by atoms with E-state index >= 15 is 0 Å². The van der Waals surface area contributed by atoms with Crippen molar-refractivity contribution < 1.29 is 9.47 Å². The van der Waals surface area contributed by atoms with Gasteiger partial charge in [0.1, 0.15) is 0 Å². The normalized spacial score (nSPS) is 41.1. The first-order valence-corrected chi connectivity index (χ1v) is 8.57. The predicted octanol–water partition coefficient (Wildman–Crippen LogP) is 1.54. The van der Waals surface area contributed by atoms with Crippen molar-refractivity contribution in [3.05, 3.63) is 0 Å². The summed E-state index contributed by atoms with van der Waals surface area (Å²) >= 11 is 0. The van der Waals surface area contributed by atoms with Gasteiger partial charge in [-0.05, 0) is 51.5 Å². The van der Waals surface area contributed by atoms with Crippen LogP contribution in [0.25, 0.3) is 0 Å². The van der Waals surface area contributed by atoms with Gasteiger partial charge in [0.2, 0.25) is 0 Å². The first-order chi connectivity index (χ1) is 9.85. The summed E-state index contributed by atoms with van der Waals surface area (Å²) in [6.07, 6.45) is 8.71. The molecule has 114 valence electrons. The lowest BCUT2D eigenvalue weighted by molar-refractivity contribution is -0.141. The highest BCUT2D eigenvalue weighted by molar-refractivity contribution is 4.99. The predicted molar refractivity (Wildman–Crippen MR) is 77.9 cm³/mol. The van der Waals surface area contributed by atoms with Crippen LogP contribution in [0.4, 0.5) is 0 Å². The molecule has 4 rings (SSSR count). The lowest BCUT2D eigenvalue weighted by Crippen LogP contribution is -2.53. The van der Waals surface area contributed by atoms with Crippen LogP contribution >= 0.6 is 0 Å². The van der Waals surface area contributed by atoms with E-state index in [0.717, 1.165) is 44.7 Å². The molecule has 20 heavy (non-hydrogen) atoms. The van der Waals surface area contributed by atoms with Crippen molar-refractivity contribution in [1.29, 1.82) is 0 Å². The Morgan fingerprint density at radius 2 is 1.90 bits per heavy atom. The molecule has 0 aromatic carbocycles. The first-order valence-electron chi connectivity index (χ1n) is 8.57. The Balaban J connectivity index is 1.36. The molecule has 1 N–H and O–H groups in total. The van der Waals surface area contributed by atoms with Gasteiger partial charge in [0.15, 0.2) is 0 Å². The smallest absolute Gasteiger partial charge is 0.0741 e. The molecule has 0 aromatic heterocycles. The van der Waals surface area contributed by atoms with Crippen LogP contribution < -0.4 is 5.32 Å². The van der Waals surface area contributed by atoms with Gasteiger partial charge in [-0.25, -0.2) is 0 Å². The van der Waals surface area contributed by atoms with Gasteiger partial charge >= 0.3 is 0 Å². The fraction of sp³-hybridized carbons (Fsp3) is 1.00. The number of nitrogens with zero attached hydrogens (tertiary/aromatic N) is 1. The van der Waals surface area contributed by atoms with Gasteiger partial charge in [0.05, 0.1) is 5.60 Å². The van der Waals surface area contributed by atoms with E-state index in [2.05, 4.69) is 10.2 Å². The molecule has 4 heterocycles. The fourth-order valence-corrected chi connectivity index (χ4v) is 4.84. The van der Waals surface area contributed by atoms with Crippen LogP contribution in [0.15, 0.2) is 0 Å². The molecular formula is C16H28N2O2. The van der Waals surface area contributed by atoms with Gasteiger partial charge in [-0.3, -0.25) is 4.90 Å². The van der Waals surface area contributed by atoms with E-state index < -0.39 is 0 Å². The highest BCUT2D eigenvalue weighted by Crippen LogP contribution is 2.35. The molecule has 4 saturated heterocycles. The highest BCUT2D eigenvalue weighted by atomic mass is 16.5. The van der Waals surface area contributed by atoms with Gasteiger partial charge in [-0.2, -0.15) is 0 Å². The molecule has 1 spiro atoms.